The minimum atomic E-state index is -0.535. The third-order valence-corrected chi connectivity index (χ3v) is 3.74. The number of rotatable bonds is 2. The Kier molecular flexibility index (Phi) is 3.31. The molecule has 2 aromatic rings. The molecule has 0 fully saturated rings. The fourth-order valence-electron chi connectivity index (χ4n) is 2.43. The average Bonchev–Trinajstić information content (AvgIpc) is 2.48. The van der Waals surface area contributed by atoms with E-state index in [0.29, 0.717) is 10.6 Å². The highest BCUT2D eigenvalue weighted by Gasteiger charge is 2.27. The molecule has 3 rings (SSSR count). The van der Waals surface area contributed by atoms with Gasteiger partial charge < -0.3 is 19.9 Å². The van der Waals surface area contributed by atoms with E-state index in [2.05, 4.69) is 0 Å². The summed E-state index contributed by atoms with van der Waals surface area (Å²) in [6.45, 7) is 0. The third kappa shape index (κ3) is 2.34. The summed E-state index contributed by atoms with van der Waals surface area (Å²) in [6, 6.07) is 10.7. The van der Waals surface area contributed by atoms with Crippen LogP contribution in [0, 0.1) is 0 Å². The van der Waals surface area contributed by atoms with Gasteiger partial charge >= 0.3 is 0 Å². The van der Waals surface area contributed by atoms with Crippen LogP contribution < -0.4 is 4.90 Å². The number of benzene rings is 2. The molecule has 21 heavy (non-hydrogen) atoms. The van der Waals surface area contributed by atoms with Crippen LogP contribution in [0.3, 0.4) is 0 Å². The average molecular weight is 302 g/mol. The van der Waals surface area contributed by atoms with E-state index >= 15 is 0 Å². The lowest BCUT2D eigenvalue weighted by molar-refractivity contribution is -0.109. The predicted octanol–water partition coefficient (Wildman–Crippen LogP) is 3.40. The van der Waals surface area contributed by atoms with Crippen LogP contribution in [0.1, 0.15) is 17.2 Å². The van der Waals surface area contributed by atoms with E-state index < -0.39 is 6.04 Å². The van der Waals surface area contributed by atoms with Crippen molar-refractivity contribution in [3.63, 3.8) is 0 Å². The Hall–Kier alpha value is -2.46. The monoisotopic (exact) mass is 301 g/mol. The molecule has 0 saturated carbocycles. The molecule has 0 spiro atoms. The third-order valence-electron chi connectivity index (χ3n) is 3.44. The van der Waals surface area contributed by atoms with Crippen molar-refractivity contribution in [3.05, 3.63) is 59.8 Å². The second kappa shape index (κ2) is 5.14. The number of hydrogen-bond donors (Lipinski definition) is 2. The largest absolute Gasteiger partial charge is 0.508 e. The second-order valence-corrected chi connectivity index (χ2v) is 5.16. The molecule has 0 bridgehead atoms. The Morgan fingerprint density at radius 2 is 1.71 bits per heavy atom. The Morgan fingerprint density at radius 1 is 1.05 bits per heavy atom. The first-order chi connectivity index (χ1) is 10.1. The van der Waals surface area contributed by atoms with Crippen molar-refractivity contribution < 1.29 is 15.0 Å². The summed E-state index contributed by atoms with van der Waals surface area (Å²) in [7, 11) is 0. The van der Waals surface area contributed by atoms with E-state index in [1.54, 1.807) is 47.5 Å². The molecule has 2 aromatic carbocycles. The molecule has 2 N–H and O–H groups in total. The number of halogens is 1. The maximum Gasteiger partial charge on any atom is 0.147 e. The Morgan fingerprint density at radius 3 is 2.38 bits per heavy atom. The zero-order valence-electron chi connectivity index (χ0n) is 10.9. The SMILES string of the molecule is O=CC1c2ccc(O)cc2C(Cl)=CN1c1ccc(O)cc1. The number of phenols is 2. The normalized spacial score (nSPS) is 17.1. The number of hydrogen-bond acceptors (Lipinski definition) is 4. The lowest BCUT2D eigenvalue weighted by Crippen LogP contribution is -2.28. The first kappa shape index (κ1) is 13.5. The van der Waals surface area contributed by atoms with Crippen molar-refractivity contribution in [2.24, 2.45) is 0 Å². The molecule has 1 aliphatic heterocycles. The molecular formula is C16H12ClNO3. The molecule has 4 nitrogen and oxygen atoms in total. The molecular weight excluding hydrogens is 290 g/mol. The summed E-state index contributed by atoms with van der Waals surface area (Å²) in [6.07, 6.45) is 2.47. The van der Waals surface area contributed by atoms with Gasteiger partial charge in [-0.3, -0.25) is 0 Å². The minimum absolute atomic E-state index is 0.100. The lowest BCUT2D eigenvalue weighted by Gasteiger charge is -2.32. The van der Waals surface area contributed by atoms with Gasteiger partial charge in [0.15, 0.2) is 0 Å². The summed E-state index contributed by atoms with van der Waals surface area (Å²) in [4.78, 5) is 13.3. The van der Waals surface area contributed by atoms with Gasteiger partial charge in [-0.25, -0.2) is 0 Å². The van der Waals surface area contributed by atoms with E-state index in [0.717, 1.165) is 17.5 Å². The van der Waals surface area contributed by atoms with Crippen LogP contribution in [0.15, 0.2) is 48.7 Å². The highest BCUT2D eigenvalue weighted by atomic mass is 35.5. The summed E-state index contributed by atoms with van der Waals surface area (Å²) in [5.74, 6) is 0.252. The number of aldehydes is 1. The fourth-order valence-corrected chi connectivity index (χ4v) is 2.70. The number of nitrogens with zero attached hydrogens (tertiary/aromatic N) is 1. The number of phenolic OH excluding ortho intramolecular Hbond substituents is 2. The van der Waals surface area contributed by atoms with Gasteiger partial charge in [-0.05, 0) is 42.0 Å². The van der Waals surface area contributed by atoms with Crippen LogP contribution in [0.4, 0.5) is 5.69 Å². The molecule has 0 amide bonds. The molecule has 1 unspecified atom stereocenters. The Labute approximate surface area is 126 Å². The predicted molar refractivity (Wildman–Crippen MR) is 81.3 cm³/mol. The van der Waals surface area contributed by atoms with Crippen LogP contribution in [0.2, 0.25) is 0 Å². The molecule has 1 aliphatic rings. The van der Waals surface area contributed by atoms with Crippen molar-refractivity contribution >= 4 is 28.6 Å². The van der Waals surface area contributed by atoms with Crippen LogP contribution in [-0.2, 0) is 4.79 Å². The van der Waals surface area contributed by atoms with Gasteiger partial charge in [0.25, 0.3) is 0 Å². The van der Waals surface area contributed by atoms with E-state index in [9.17, 15) is 15.0 Å². The molecule has 1 atom stereocenters. The topological polar surface area (TPSA) is 60.8 Å². The molecule has 106 valence electrons. The Balaban J connectivity index is 2.12. The maximum atomic E-state index is 11.5. The van der Waals surface area contributed by atoms with Crippen molar-refractivity contribution in [1.29, 1.82) is 0 Å². The summed E-state index contributed by atoms with van der Waals surface area (Å²) < 4.78 is 0. The van der Waals surface area contributed by atoms with Gasteiger partial charge in [0, 0.05) is 17.5 Å². The smallest absolute Gasteiger partial charge is 0.147 e. The van der Waals surface area contributed by atoms with Gasteiger partial charge in [0.2, 0.25) is 0 Å². The number of carbonyl (C=O) groups excluding carboxylic acids is 1. The van der Waals surface area contributed by atoms with Gasteiger partial charge in [-0.15, -0.1) is 0 Å². The molecule has 0 aliphatic carbocycles. The quantitative estimate of drug-likeness (QED) is 0.835. The van der Waals surface area contributed by atoms with Crippen molar-refractivity contribution in [3.8, 4) is 11.5 Å². The standard InChI is InChI=1S/C16H12ClNO3/c17-15-8-18(10-1-3-11(20)4-2-10)16(9-19)13-6-5-12(21)7-14(13)15/h1-9,16,20-21H. The number of anilines is 1. The van der Waals surface area contributed by atoms with Crippen molar-refractivity contribution in [2.75, 3.05) is 4.90 Å². The van der Waals surface area contributed by atoms with E-state index in [4.69, 9.17) is 11.6 Å². The van der Waals surface area contributed by atoms with Gasteiger partial charge in [-0.1, -0.05) is 17.7 Å². The van der Waals surface area contributed by atoms with Gasteiger partial charge in [-0.2, -0.15) is 0 Å². The zero-order chi connectivity index (χ0) is 15.0. The van der Waals surface area contributed by atoms with Crippen LogP contribution in [-0.4, -0.2) is 16.5 Å². The fraction of sp³-hybridized carbons (Fsp3) is 0.0625. The molecule has 0 radical (unpaired) electrons. The van der Waals surface area contributed by atoms with E-state index in [1.165, 1.54) is 6.07 Å². The van der Waals surface area contributed by atoms with Crippen LogP contribution in [0.5, 0.6) is 11.5 Å². The Bertz CT molecular complexity index is 725. The highest BCUT2D eigenvalue weighted by Crippen LogP contribution is 2.40. The van der Waals surface area contributed by atoms with E-state index in [1.807, 2.05) is 0 Å². The minimum Gasteiger partial charge on any atom is -0.508 e. The van der Waals surface area contributed by atoms with E-state index in [-0.39, 0.29) is 11.5 Å². The van der Waals surface area contributed by atoms with Crippen molar-refractivity contribution in [2.45, 2.75) is 6.04 Å². The second-order valence-electron chi connectivity index (χ2n) is 4.75. The molecule has 1 heterocycles. The lowest BCUT2D eigenvalue weighted by atomic mass is 9.96. The highest BCUT2D eigenvalue weighted by molar-refractivity contribution is 6.49. The first-order valence-electron chi connectivity index (χ1n) is 6.33. The number of carbonyl (C=O) groups is 1. The number of aromatic hydroxyl groups is 2. The molecule has 0 saturated heterocycles. The van der Waals surface area contributed by atoms with Crippen molar-refractivity contribution in [1.82, 2.24) is 0 Å². The summed E-state index contributed by atoms with van der Waals surface area (Å²) >= 11 is 6.26. The van der Waals surface area contributed by atoms with Gasteiger partial charge in [0.05, 0.1) is 5.03 Å². The van der Waals surface area contributed by atoms with Crippen LogP contribution >= 0.6 is 11.6 Å². The first-order valence-corrected chi connectivity index (χ1v) is 6.71. The molecule has 0 aromatic heterocycles. The molecule has 5 heteroatoms. The maximum absolute atomic E-state index is 11.5. The van der Waals surface area contributed by atoms with Gasteiger partial charge in [0.1, 0.15) is 23.8 Å². The summed E-state index contributed by atoms with van der Waals surface area (Å²) in [5.41, 5.74) is 2.11. The van der Waals surface area contributed by atoms with Crippen LogP contribution in [0.25, 0.3) is 5.03 Å². The number of fused-ring (bicyclic) bond motifs is 1. The summed E-state index contributed by atoms with van der Waals surface area (Å²) in [5, 5.41) is 19.4. The zero-order valence-corrected chi connectivity index (χ0v) is 11.7.